The van der Waals surface area contributed by atoms with Gasteiger partial charge in [0.2, 0.25) is 0 Å². The number of aromatic nitrogens is 1. The third-order valence-corrected chi connectivity index (χ3v) is 3.86. The molecule has 0 amide bonds. The first-order valence-corrected chi connectivity index (χ1v) is 6.71. The first-order valence-electron chi connectivity index (χ1n) is 6.71. The number of hydrogen-bond acceptors (Lipinski definition) is 3. The van der Waals surface area contributed by atoms with Crippen LogP contribution in [0.15, 0.2) is 6.20 Å². The Labute approximate surface area is 111 Å². The molecule has 3 nitrogen and oxygen atoms in total. The molecular formula is C15H26N2O. The molecule has 1 rings (SSSR count). The van der Waals surface area contributed by atoms with Gasteiger partial charge in [0.15, 0.2) is 0 Å². The smallest absolute Gasteiger partial charge is 0.128 e. The van der Waals surface area contributed by atoms with E-state index in [2.05, 4.69) is 31.1 Å². The lowest BCUT2D eigenvalue weighted by Crippen LogP contribution is -2.34. The van der Waals surface area contributed by atoms with Crippen LogP contribution in [0.1, 0.15) is 37.1 Å². The number of hydrogen-bond donors (Lipinski definition) is 1. The van der Waals surface area contributed by atoms with Crippen molar-refractivity contribution in [3.8, 4) is 5.75 Å². The average Bonchev–Trinajstić information content (AvgIpc) is 2.38. The second kappa shape index (κ2) is 6.74. The topological polar surface area (TPSA) is 34.1 Å². The summed E-state index contributed by atoms with van der Waals surface area (Å²) in [7, 11) is 3.75. The minimum absolute atomic E-state index is 0.466. The molecule has 3 heteroatoms. The molecule has 0 aliphatic heterocycles. The number of pyridine rings is 1. The van der Waals surface area contributed by atoms with Gasteiger partial charge in [0.05, 0.1) is 7.11 Å². The molecule has 102 valence electrons. The summed E-state index contributed by atoms with van der Waals surface area (Å²) < 4.78 is 5.46. The van der Waals surface area contributed by atoms with Crippen molar-refractivity contribution in [3.05, 3.63) is 23.0 Å². The Bertz CT molecular complexity index is 390. The molecule has 0 saturated carbocycles. The van der Waals surface area contributed by atoms with Gasteiger partial charge < -0.3 is 10.1 Å². The van der Waals surface area contributed by atoms with Gasteiger partial charge in [0.1, 0.15) is 5.75 Å². The fraction of sp³-hybridized carbons (Fsp3) is 0.667. The molecule has 0 aliphatic carbocycles. The lowest BCUT2D eigenvalue weighted by Gasteiger charge is -2.23. The summed E-state index contributed by atoms with van der Waals surface area (Å²) in [5.41, 5.74) is 3.40. The van der Waals surface area contributed by atoms with Gasteiger partial charge in [-0.3, -0.25) is 4.98 Å². The highest BCUT2D eigenvalue weighted by molar-refractivity contribution is 5.41. The SMILES string of the molecule is CCC(C)C(Cc1ncc(C)c(OC)c1C)NC. The lowest BCUT2D eigenvalue weighted by atomic mass is 9.93. The molecular weight excluding hydrogens is 224 g/mol. The minimum Gasteiger partial charge on any atom is -0.496 e. The van der Waals surface area contributed by atoms with Crippen LogP contribution in [-0.2, 0) is 6.42 Å². The maximum absolute atomic E-state index is 5.46. The van der Waals surface area contributed by atoms with Gasteiger partial charge >= 0.3 is 0 Å². The van der Waals surface area contributed by atoms with Crippen LogP contribution < -0.4 is 10.1 Å². The van der Waals surface area contributed by atoms with E-state index in [0.29, 0.717) is 12.0 Å². The second-order valence-electron chi connectivity index (χ2n) is 5.03. The third kappa shape index (κ3) is 3.22. The molecule has 0 fully saturated rings. The van der Waals surface area contributed by atoms with Crippen LogP contribution in [0.2, 0.25) is 0 Å². The molecule has 2 atom stereocenters. The second-order valence-corrected chi connectivity index (χ2v) is 5.03. The van der Waals surface area contributed by atoms with Crippen LogP contribution in [0.4, 0.5) is 0 Å². The largest absolute Gasteiger partial charge is 0.496 e. The van der Waals surface area contributed by atoms with Crippen molar-refractivity contribution in [3.63, 3.8) is 0 Å². The van der Waals surface area contributed by atoms with Crippen LogP contribution in [0, 0.1) is 19.8 Å². The molecule has 2 unspecified atom stereocenters. The molecule has 1 heterocycles. The highest BCUT2D eigenvalue weighted by Crippen LogP contribution is 2.25. The monoisotopic (exact) mass is 250 g/mol. The molecule has 0 spiro atoms. The first kappa shape index (κ1) is 15.0. The standard InChI is InChI=1S/C15H26N2O/c1-7-10(2)13(16-5)8-14-12(4)15(18-6)11(3)9-17-14/h9-10,13,16H,7-8H2,1-6H3. The van der Waals surface area contributed by atoms with Gasteiger partial charge in [-0.2, -0.15) is 0 Å². The van der Waals surface area contributed by atoms with Gasteiger partial charge in [-0.1, -0.05) is 20.3 Å². The Balaban J connectivity index is 2.97. The van der Waals surface area contributed by atoms with E-state index in [4.69, 9.17) is 4.74 Å². The van der Waals surface area contributed by atoms with E-state index in [1.165, 1.54) is 12.0 Å². The molecule has 0 aliphatic rings. The van der Waals surface area contributed by atoms with Crippen molar-refractivity contribution in [2.24, 2.45) is 5.92 Å². The number of nitrogens with zero attached hydrogens (tertiary/aromatic N) is 1. The summed E-state index contributed by atoms with van der Waals surface area (Å²) >= 11 is 0. The summed E-state index contributed by atoms with van der Waals surface area (Å²) in [6.07, 6.45) is 4.03. The van der Waals surface area contributed by atoms with E-state index in [-0.39, 0.29) is 0 Å². The molecule has 18 heavy (non-hydrogen) atoms. The van der Waals surface area contributed by atoms with Crippen molar-refractivity contribution in [1.82, 2.24) is 10.3 Å². The van der Waals surface area contributed by atoms with Crippen LogP contribution in [0.3, 0.4) is 0 Å². The summed E-state index contributed by atoms with van der Waals surface area (Å²) in [6, 6.07) is 0.466. The zero-order chi connectivity index (χ0) is 13.7. The summed E-state index contributed by atoms with van der Waals surface area (Å²) in [5.74, 6) is 1.61. The Morgan fingerprint density at radius 3 is 2.56 bits per heavy atom. The fourth-order valence-electron chi connectivity index (χ4n) is 2.36. The highest BCUT2D eigenvalue weighted by atomic mass is 16.5. The molecule has 1 aromatic heterocycles. The number of likely N-dealkylation sites (N-methyl/N-ethyl adjacent to an activating group) is 1. The maximum Gasteiger partial charge on any atom is 0.128 e. The van der Waals surface area contributed by atoms with E-state index >= 15 is 0 Å². The Morgan fingerprint density at radius 2 is 2.06 bits per heavy atom. The van der Waals surface area contributed by atoms with E-state index in [9.17, 15) is 0 Å². The maximum atomic E-state index is 5.46. The van der Waals surface area contributed by atoms with Gasteiger partial charge in [-0.05, 0) is 26.8 Å². The van der Waals surface area contributed by atoms with E-state index in [1.54, 1.807) is 7.11 Å². The van der Waals surface area contributed by atoms with E-state index < -0.39 is 0 Å². The quantitative estimate of drug-likeness (QED) is 0.843. The van der Waals surface area contributed by atoms with Crippen molar-refractivity contribution >= 4 is 0 Å². The molecule has 0 bridgehead atoms. The number of nitrogens with one attached hydrogen (secondary N) is 1. The van der Waals surface area contributed by atoms with Gasteiger partial charge in [-0.15, -0.1) is 0 Å². The number of ether oxygens (including phenoxy) is 1. The summed E-state index contributed by atoms with van der Waals surface area (Å²) in [6.45, 7) is 8.64. The Morgan fingerprint density at radius 1 is 1.39 bits per heavy atom. The average molecular weight is 250 g/mol. The van der Waals surface area contributed by atoms with Crippen molar-refractivity contribution < 1.29 is 4.74 Å². The number of rotatable bonds is 6. The fourth-order valence-corrected chi connectivity index (χ4v) is 2.36. The zero-order valence-corrected chi connectivity index (χ0v) is 12.5. The summed E-state index contributed by atoms with van der Waals surface area (Å²) in [4.78, 5) is 4.57. The van der Waals surface area contributed by atoms with E-state index in [1.807, 2.05) is 20.2 Å². The predicted octanol–water partition coefficient (Wildman–Crippen LogP) is 2.88. The van der Waals surface area contributed by atoms with Gasteiger partial charge in [0.25, 0.3) is 0 Å². The highest BCUT2D eigenvalue weighted by Gasteiger charge is 2.18. The van der Waals surface area contributed by atoms with Gasteiger partial charge in [0, 0.05) is 35.5 Å². The predicted molar refractivity (Wildman–Crippen MR) is 76.3 cm³/mol. The van der Waals surface area contributed by atoms with E-state index in [0.717, 1.165) is 23.4 Å². The molecule has 0 saturated heterocycles. The van der Waals surface area contributed by atoms with Crippen molar-refractivity contribution in [2.45, 2.75) is 46.6 Å². The van der Waals surface area contributed by atoms with Crippen LogP contribution in [-0.4, -0.2) is 25.2 Å². The number of aryl methyl sites for hydroxylation is 1. The Hall–Kier alpha value is -1.09. The van der Waals surface area contributed by atoms with Crippen molar-refractivity contribution in [1.29, 1.82) is 0 Å². The molecule has 1 N–H and O–H groups in total. The van der Waals surface area contributed by atoms with Crippen LogP contribution in [0.5, 0.6) is 5.75 Å². The normalized spacial score (nSPS) is 14.3. The third-order valence-electron chi connectivity index (χ3n) is 3.86. The lowest BCUT2D eigenvalue weighted by molar-refractivity contribution is 0.379. The minimum atomic E-state index is 0.466. The molecule has 1 aromatic rings. The zero-order valence-electron chi connectivity index (χ0n) is 12.5. The van der Waals surface area contributed by atoms with Crippen molar-refractivity contribution in [2.75, 3.05) is 14.2 Å². The molecule has 0 aromatic carbocycles. The van der Waals surface area contributed by atoms with Gasteiger partial charge in [-0.25, -0.2) is 0 Å². The summed E-state index contributed by atoms with van der Waals surface area (Å²) in [5, 5.41) is 3.40. The first-order chi connectivity index (χ1) is 8.54. The van der Waals surface area contributed by atoms with Crippen LogP contribution in [0.25, 0.3) is 0 Å². The Kier molecular flexibility index (Phi) is 5.60. The number of methoxy groups -OCH3 is 1. The molecule has 0 radical (unpaired) electrons. The van der Waals surface area contributed by atoms with Crippen LogP contribution >= 0.6 is 0 Å².